The van der Waals surface area contributed by atoms with Gasteiger partial charge in [-0.1, -0.05) is 24.7 Å². The fourth-order valence-electron chi connectivity index (χ4n) is 1.82. The van der Waals surface area contributed by atoms with Crippen LogP contribution in [0.2, 0.25) is 0 Å². The Labute approximate surface area is 121 Å². The Bertz CT molecular complexity index is 634. The van der Waals surface area contributed by atoms with Crippen LogP contribution in [-0.2, 0) is 6.54 Å². The Morgan fingerprint density at radius 1 is 1.35 bits per heavy atom. The average molecular weight is 293 g/mol. The highest BCUT2D eigenvalue weighted by Crippen LogP contribution is 2.24. The second-order valence-corrected chi connectivity index (χ2v) is 5.49. The molecule has 2 aromatic heterocycles. The minimum atomic E-state index is -0.116. The maximum atomic E-state index is 12.2. The first-order valence-electron chi connectivity index (χ1n) is 6.82. The third-order valence-electron chi connectivity index (χ3n) is 2.86. The SMILES string of the molecule is CCCCNc1nnc(-c2cc(C)nn(CC)c2=O)s1. The number of aryl methyl sites for hydroxylation is 2. The molecule has 0 saturated carbocycles. The molecule has 2 rings (SSSR count). The zero-order valence-electron chi connectivity index (χ0n) is 12.0. The van der Waals surface area contributed by atoms with Gasteiger partial charge in [-0.15, -0.1) is 10.2 Å². The quantitative estimate of drug-likeness (QED) is 0.827. The molecule has 0 atom stereocenters. The molecule has 6 nitrogen and oxygen atoms in total. The Morgan fingerprint density at radius 3 is 2.85 bits per heavy atom. The van der Waals surface area contributed by atoms with Gasteiger partial charge in [0.25, 0.3) is 5.56 Å². The molecule has 0 unspecified atom stereocenters. The van der Waals surface area contributed by atoms with E-state index in [1.807, 2.05) is 13.8 Å². The minimum absolute atomic E-state index is 0.116. The van der Waals surface area contributed by atoms with Crippen molar-refractivity contribution >= 4 is 16.5 Å². The first kappa shape index (κ1) is 14.6. The number of nitrogens with one attached hydrogen (secondary N) is 1. The fourth-order valence-corrected chi connectivity index (χ4v) is 2.59. The molecular weight excluding hydrogens is 274 g/mol. The van der Waals surface area contributed by atoms with Crippen molar-refractivity contribution in [1.82, 2.24) is 20.0 Å². The molecule has 0 radical (unpaired) electrons. The molecule has 1 N–H and O–H groups in total. The number of rotatable bonds is 6. The van der Waals surface area contributed by atoms with Crippen molar-refractivity contribution in [3.8, 4) is 10.6 Å². The molecule has 0 saturated heterocycles. The van der Waals surface area contributed by atoms with E-state index < -0.39 is 0 Å². The number of anilines is 1. The van der Waals surface area contributed by atoms with Crippen LogP contribution in [0.25, 0.3) is 10.6 Å². The van der Waals surface area contributed by atoms with Crippen LogP contribution in [-0.4, -0.2) is 26.5 Å². The molecule has 7 heteroatoms. The van der Waals surface area contributed by atoms with Gasteiger partial charge >= 0.3 is 0 Å². The van der Waals surface area contributed by atoms with Crippen LogP contribution in [0.3, 0.4) is 0 Å². The second kappa shape index (κ2) is 6.60. The highest BCUT2D eigenvalue weighted by molar-refractivity contribution is 7.18. The van der Waals surface area contributed by atoms with Crippen LogP contribution in [0.15, 0.2) is 10.9 Å². The lowest BCUT2D eigenvalue weighted by Crippen LogP contribution is -2.24. The number of aromatic nitrogens is 4. The number of nitrogens with zero attached hydrogens (tertiary/aromatic N) is 4. The van der Waals surface area contributed by atoms with Crippen LogP contribution in [0.5, 0.6) is 0 Å². The molecular formula is C13H19N5OS. The summed E-state index contributed by atoms with van der Waals surface area (Å²) in [6.45, 7) is 7.33. The zero-order chi connectivity index (χ0) is 14.5. The van der Waals surface area contributed by atoms with Crippen LogP contribution >= 0.6 is 11.3 Å². The zero-order valence-corrected chi connectivity index (χ0v) is 12.8. The number of hydrogen-bond acceptors (Lipinski definition) is 6. The topological polar surface area (TPSA) is 72.7 Å². The summed E-state index contributed by atoms with van der Waals surface area (Å²) in [6, 6.07) is 1.77. The molecule has 0 aliphatic heterocycles. The Balaban J connectivity index is 2.28. The van der Waals surface area contributed by atoms with Gasteiger partial charge in [0.05, 0.1) is 11.3 Å². The lowest BCUT2D eigenvalue weighted by Gasteiger charge is -2.04. The molecule has 0 aromatic carbocycles. The molecule has 108 valence electrons. The highest BCUT2D eigenvalue weighted by atomic mass is 32.1. The normalized spacial score (nSPS) is 10.8. The predicted octanol–water partition coefficient (Wildman–Crippen LogP) is 2.30. The first-order chi connectivity index (χ1) is 9.65. The molecule has 0 spiro atoms. The second-order valence-electron chi connectivity index (χ2n) is 4.51. The standard InChI is InChI=1S/C13H19N5OS/c1-4-6-7-14-13-16-15-11(20-13)10-8-9(3)17-18(5-2)12(10)19/h8H,4-7H2,1-3H3,(H,14,16). The molecule has 0 bridgehead atoms. The summed E-state index contributed by atoms with van der Waals surface area (Å²) in [6.07, 6.45) is 2.22. The smallest absolute Gasteiger partial charge is 0.277 e. The summed E-state index contributed by atoms with van der Waals surface area (Å²) in [5, 5.41) is 17.0. The summed E-state index contributed by atoms with van der Waals surface area (Å²) in [4.78, 5) is 12.2. The number of hydrogen-bond donors (Lipinski definition) is 1. The van der Waals surface area contributed by atoms with Gasteiger partial charge in [-0.2, -0.15) is 5.10 Å². The molecule has 2 heterocycles. The van der Waals surface area contributed by atoms with Gasteiger partial charge in [0.15, 0.2) is 5.01 Å². The molecule has 0 amide bonds. The van der Waals surface area contributed by atoms with Crippen molar-refractivity contribution in [2.75, 3.05) is 11.9 Å². The van der Waals surface area contributed by atoms with Crippen molar-refractivity contribution in [2.45, 2.75) is 40.2 Å². The summed E-state index contributed by atoms with van der Waals surface area (Å²) < 4.78 is 1.45. The average Bonchev–Trinajstić information content (AvgIpc) is 2.90. The summed E-state index contributed by atoms with van der Waals surface area (Å²) in [5.41, 5.74) is 1.26. The molecule has 0 aliphatic carbocycles. The van der Waals surface area contributed by atoms with E-state index in [1.165, 1.54) is 16.0 Å². The fraction of sp³-hybridized carbons (Fsp3) is 0.538. The summed E-state index contributed by atoms with van der Waals surface area (Å²) in [7, 11) is 0. The van der Waals surface area contributed by atoms with Gasteiger partial charge in [-0.25, -0.2) is 4.68 Å². The van der Waals surface area contributed by atoms with Crippen molar-refractivity contribution in [3.05, 3.63) is 22.1 Å². The van der Waals surface area contributed by atoms with E-state index >= 15 is 0 Å². The van der Waals surface area contributed by atoms with Crippen molar-refractivity contribution in [2.24, 2.45) is 0 Å². The van der Waals surface area contributed by atoms with Gasteiger partial charge in [0.2, 0.25) is 5.13 Å². The van der Waals surface area contributed by atoms with Crippen molar-refractivity contribution in [1.29, 1.82) is 0 Å². The maximum absolute atomic E-state index is 12.2. The molecule has 2 aromatic rings. The van der Waals surface area contributed by atoms with Gasteiger partial charge in [-0.05, 0) is 26.3 Å². The Hall–Kier alpha value is -1.76. The van der Waals surface area contributed by atoms with Crippen molar-refractivity contribution in [3.63, 3.8) is 0 Å². The Morgan fingerprint density at radius 2 is 2.15 bits per heavy atom. The van der Waals surface area contributed by atoms with E-state index in [1.54, 1.807) is 6.07 Å². The van der Waals surface area contributed by atoms with Crippen LogP contribution in [0.1, 0.15) is 32.4 Å². The van der Waals surface area contributed by atoms with E-state index in [2.05, 4.69) is 27.5 Å². The lowest BCUT2D eigenvalue weighted by atomic mass is 10.3. The van der Waals surface area contributed by atoms with Gasteiger partial charge in [-0.3, -0.25) is 4.79 Å². The Kier molecular flexibility index (Phi) is 4.84. The minimum Gasteiger partial charge on any atom is -0.360 e. The summed E-state index contributed by atoms with van der Waals surface area (Å²) in [5.74, 6) is 0. The molecule has 0 fully saturated rings. The van der Waals surface area contributed by atoms with Gasteiger partial charge < -0.3 is 5.32 Å². The van der Waals surface area contributed by atoms with Gasteiger partial charge in [0.1, 0.15) is 0 Å². The van der Waals surface area contributed by atoms with Crippen molar-refractivity contribution < 1.29 is 0 Å². The third-order valence-corrected chi connectivity index (χ3v) is 3.77. The first-order valence-corrected chi connectivity index (χ1v) is 7.63. The van der Waals surface area contributed by atoms with Crippen LogP contribution in [0, 0.1) is 6.92 Å². The van der Waals surface area contributed by atoms with E-state index in [0.717, 1.165) is 30.2 Å². The third kappa shape index (κ3) is 3.22. The van der Waals surface area contributed by atoms with Crippen LogP contribution < -0.4 is 10.9 Å². The van der Waals surface area contributed by atoms with Gasteiger partial charge in [0, 0.05) is 13.1 Å². The monoisotopic (exact) mass is 293 g/mol. The van der Waals surface area contributed by atoms with Crippen LogP contribution in [0.4, 0.5) is 5.13 Å². The lowest BCUT2D eigenvalue weighted by molar-refractivity contribution is 0.607. The van der Waals surface area contributed by atoms with E-state index in [9.17, 15) is 4.79 Å². The van der Waals surface area contributed by atoms with E-state index in [-0.39, 0.29) is 5.56 Å². The predicted molar refractivity (Wildman–Crippen MR) is 81.2 cm³/mol. The van der Waals surface area contributed by atoms with E-state index in [4.69, 9.17) is 0 Å². The maximum Gasteiger partial charge on any atom is 0.277 e. The summed E-state index contributed by atoms with van der Waals surface area (Å²) >= 11 is 1.40. The molecule has 20 heavy (non-hydrogen) atoms. The van der Waals surface area contributed by atoms with E-state index in [0.29, 0.717) is 17.1 Å². The number of unbranched alkanes of at least 4 members (excludes halogenated alkanes) is 1. The molecule has 0 aliphatic rings. The largest absolute Gasteiger partial charge is 0.360 e. The highest BCUT2D eigenvalue weighted by Gasteiger charge is 2.13.